The van der Waals surface area contributed by atoms with Crippen LogP contribution in [0.1, 0.15) is 54.3 Å². The Hall–Kier alpha value is -2.61. The lowest BCUT2D eigenvalue weighted by Crippen LogP contribution is -2.34. The molecule has 29 heavy (non-hydrogen) atoms. The van der Waals surface area contributed by atoms with E-state index in [1.54, 1.807) is 20.4 Å². The summed E-state index contributed by atoms with van der Waals surface area (Å²) in [5.74, 6) is 1.56. The number of ether oxygens (including phenoxy) is 2. The minimum Gasteiger partial charge on any atom is -0.496 e. The lowest BCUT2D eigenvalue weighted by molar-refractivity contribution is 0.0938. The molecule has 1 saturated heterocycles. The van der Waals surface area contributed by atoms with E-state index >= 15 is 0 Å². The molecule has 0 saturated carbocycles. The molecule has 1 aromatic heterocycles. The van der Waals surface area contributed by atoms with Crippen LogP contribution in [0.3, 0.4) is 0 Å². The number of amides is 1. The van der Waals surface area contributed by atoms with E-state index in [4.69, 9.17) is 9.47 Å². The van der Waals surface area contributed by atoms with E-state index in [1.165, 1.54) is 0 Å². The predicted molar refractivity (Wildman–Crippen MR) is 110 cm³/mol. The van der Waals surface area contributed by atoms with E-state index in [1.807, 2.05) is 31.5 Å². The van der Waals surface area contributed by atoms with Gasteiger partial charge in [0.2, 0.25) is 0 Å². The zero-order valence-electron chi connectivity index (χ0n) is 17.9. The van der Waals surface area contributed by atoms with Crippen LogP contribution in [0.2, 0.25) is 0 Å². The van der Waals surface area contributed by atoms with Gasteiger partial charge in [0.15, 0.2) is 5.69 Å². The number of methoxy groups -OCH3 is 2. The van der Waals surface area contributed by atoms with Crippen LogP contribution in [0.25, 0.3) is 0 Å². The molecule has 1 N–H and O–H groups in total. The molecule has 2 heterocycles. The van der Waals surface area contributed by atoms with Gasteiger partial charge in [0, 0.05) is 36.8 Å². The maximum atomic E-state index is 12.1. The number of piperidine rings is 1. The molecule has 1 aliphatic rings. The van der Waals surface area contributed by atoms with Crippen LogP contribution < -0.4 is 14.8 Å². The number of benzene rings is 1. The largest absolute Gasteiger partial charge is 0.496 e. The lowest BCUT2D eigenvalue weighted by Gasteiger charge is -2.32. The fraction of sp³-hybridized carbons (Fsp3) is 0.571. The summed E-state index contributed by atoms with van der Waals surface area (Å²) < 4.78 is 12.9. The van der Waals surface area contributed by atoms with Gasteiger partial charge in [0.1, 0.15) is 11.5 Å². The van der Waals surface area contributed by atoms with Gasteiger partial charge < -0.3 is 14.8 Å². The number of carbonyl (C=O) groups is 1. The van der Waals surface area contributed by atoms with E-state index < -0.39 is 0 Å². The quantitative estimate of drug-likeness (QED) is 0.768. The van der Waals surface area contributed by atoms with Crippen LogP contribution in [0, 0.1) is 6.92 Å². The molecule has 0 radical (unpaired) electrons. The summed E-state index contributed by atoms with van der Waals surface area (Å²) >= 11 is 0. The first-order valence-corrected chi connectivity index (χ1v) is 10.1. The van der Waals surface area contributed by atoms with E-state index in [-0.39, 0.29) is 18.0 Å². The first kappa shape index (κ1) is 21.1. The zero-order valence-corrected chi connectivity index (χ0v) is 17.9. The van der Waals surface area contributed by atoms with Crippen molar-refractivity contribution < 1.29 is 14.3 Å². The van der Waals surface area contributed by atoms with Crippen molar-refractivity contribution in [2.45, 2.75) is 52.2 Å². The van der Waals surface area contributed by atoms with E-state index in [0.717, 1.165) is 55.1 Å². The summed E-state index contributed by atoms with van der Waals surface area (Å²) in [5.41, 5.74) is 2.56. The normalized spacial score (nSPS) is 15.5. The number of rotatable bonds is 7. The first-order chi connectivity index (χ1) is 13.9. The van der Waals surface area contributed by atoms with Gasteiger partial charge in [0.25, 0.3) is 5.91 Å². The maximum Gasteiger partial charge on any atom is 0.273 e. The van der Waals surface area contributed by atoms with Crippen molar-refractivity contribution in [1.29, 1.82) is 0 Å². The molecule has 0 aliphatic carbocycles. The van der Waals surface area contributed by atoms with Gasteiger partial charge in [-0.05, 0) is 39.7 Å². The molecule has 1 aliphatic heterocycles. The monoisotopic (exact) mass is 401 g/mol. The highest BCUT2D eigenvalue weighted by Gasteiger charge is 2.24. The SMILES string of the molecule is COc1ccc(CN2CCC(n3cc(C(=O)NC(C)C)nn3)CC2)c(OC)c1C. The molecule has 3 rings (SSSR count). The second-order valence-electron chi connectivity index (χ2n) is 7.80. The third-order valence-electron chi connectivity index (χ3n) is 5.35. The number of aromatic nitrogens is 3. The molecule has 0 spiro atoms. The van der Waals surface area contributed by atoms with Crippen molar-refractivity contribution in [2.24, 2.45) is 0 Å². The van der Waals surface area contributed by atoms with Crippen molar-refractivity contribution in [1.82, 2.24) is 25.2 Å². The second kappa shape index (κ2) is 9.26. The molecule has 0 bridgehead atoms. The van der Waals surface area contributed by atoms with Crippen molar-refractivity contribution in [3.63, 3.8) is 0 Å². The summed E-state index contributed by atoms with van der Waals surface area (Å²) in [7, 11) is 3.38. The fourth-order valence-electron chi connectivity index (χ4n) is 3.84. The summed E-state index contributed by atoms with van der Waals surface area (Å²) in [6, 6.07) is 4.42. The molecule has 8 nitrogen and oxygen atoms in total. The molecule has 1 amide bonds. The zero-order chi connectivity index (χ0) is 21.0. The Balaban J connectivity index is 1.60. The summed E-state index contributed by atoms with van der Waals surface area (Å²) in [6.07, 6.45) is 3.69. The fourth-order valence-corrected chi connectivity index (χ4v) is 3.84. The Morgan fingerprint density at radius 1 is 1.24 bits per heavy atom. The summed E-state index contributed by atoms with van der Waals surface area (Å²) in [5, 5.41) is 11.1. The lowest BCUT2D eigenvalue weighted by atomic mass is 10.0. The van der Waals surface area contributed by atoms with E-state index in [0.29, 0.717) is 5.69 Å². The third-order valence-corrected chi connectivity index (χ3v) is 5.35. The van der Waals surface area contributed by atoms with E-state index in [2.05, 4.69) is 26.6 Å². The number of nitrogens with zero attached hydrogens (tertiary/aromatic N) is 4. The van der Waals surface area contributed by atoms with Crippen molar-refractivity contribution in [3.05, 3.63) is 35.2 Å². The number of nitrogens with one attached hydrogen (secondary N) is 1. The highest BCUT2D eigenvalue weighted by Crippen LogP contribution is 2.33. The second-order valence-corrected chi connectivity index (χ2v) is 7.80. The molecule has 1 fully saturated rings. The van der Waals surface area contributed by atoms with Gasteiger partial charge in [-0.3, -0.25) is 9.69 Å². The summed E-state index contributed by atoms with van der Waals surface area (Å²) in [4.78, 5) is 14.5. The average Bonchev–Trinajstić information content (AvgIpc) is 3.19. The smallest absolute Gasteiger partial charge is 0.273 e. The highest BCUT2D eigenvalue weighted by molar-refractivity contribution is 5.91. The van der Waals surface area contributed by atoms with E-state index in [9.17, 15) is 4.79 Å². The van der Waals surface area contributed by atoms with Gasteiger partial charge in [-0.2, -0.15) is 0 Å². The van der Waals surface area contributed by atoms with Crippen molar-refractivity contribution in [3.8, 4) is 11.5 Å². The molecule has 0 unspecified atom stereocenters. The number of hydrogen-bond acceptors (Lipinski definition) is 6. The minimum absolute atomic E-state index is 0.0782. The van der Waals surface area contributed by atoms with Crippen LogP contribution in [0.5, 0.6) is 11.5 Å². The molecule has 158 valence electrons. The number of carbonyl (C=O) groups excluding carboxylic acids is 1. The number of hydrogen-bond donors (Lipinski definition) is 1. The minimum atomic E-state index is -0.175. The summed E-state index contributed by atoms with van der Waals surface area (Å²) in [6.45, 7) is 8.61. The Morgan fingerprint density at radius 3 is 2.59 bits per heavy atom. The first-order valence-electron chi connectivity index (χ1n) is 10.1. The van der Waals surface area contributed by atoms with Gasteiger partial charge in [-0.25, -0.2) is 4.68 Å². The Kier molecular flexibility index (Phi) is 6.74. The topological polar surface area (TPSA) is 81.5 Å². The van der Waals surface area contributed by atoms with Crippen LogP contribution in [-0.2, 0) is 6.54 Å². The van der Waals surface area contributed by atoms with Gasteiger partial charge in [-0.15, -0.1) is 5.10 Å². The Morgan fingerprint density at radius 2 is 1.97 bits per heavy atom. The maximum absolute atomic E-state index is 12.1. The molecular weight excluding hydrogens is 370 g/mol. The molecule has 1 aromatic carbocycles. The van der Waals surface area contributed by atoms with Crippen molar-refractivity contribution >= 4 is 5.91 Å². The molecule has 0 atom stereocenters. The Bertz CT molecular complexity index is 841. The van der Waals surface area contributed by atoms with Gasteiger partial charge in [0.05, 0.1) is 26.5 Å². The van der Waals surface area contributed by atoms with Crippen LogP contribution in [0.15, 0.2) is 18.3 Å². The average molecular weight is 402 g/mol. The standard InChI is InChI=1S/C21H31N5O3/c1-14(2)22-21(27)18-13-26(24-23-18)17-8-10-25(11-9-17)12-16-6-7-19(28-4)15(3)20(16)29-5/h6-7,13-14,17H,8-12H2,1-5H3,(H,22,27). The van der Waals surface area contributed by atoms with Gasteiger partial charge >= 0.3 is 0 Å². The molecule has 8 heteroatoms. The molecular formula is C21H31N5O3. The third kappa shape index (κ3) is 4.87. The van der Waals surface area contributed by atoms with Crippen LogP contribution in [0.4, 0.5) is 0 Å². The van der Waals surface area contributed by atoms with Crippen molar-refractivity contribution in [2.75, 3.05) is 27.3 Å². The number of likely N-dealkylation sites (tertiary alicyclic amines) is 1. The Labute approximate surface area is 172 Å². The van der Waals surface area contributed by atoms with Crippen LogP contribution in [-0.4, -0.2) is 59.2 Å². The highest BCUT2D eigenvalue weighted by atomic mass is 16.5. The van der Waals surface area contributed by atoms with Gasteiger partial charge in [-0.1, -0.05) is 11.3 Å². The predicted octanol–water partition coefficient (Wildman–Crippen LogP) is 2.58. The molecule has 2 aromatic rings. The van der Waals surface area contributed by atoms with Crippen LogP contribution >= 0.6 is 0 Å².